The number of benzene rings is 2. The van der Waals surface area contributed by atoms with Crippen LogP contribution in [0.5, 0.6) is 11.6 Å². The molecular weight excluding hydrogens is 461 g/mol. The van der Waals surface area contributed by atoms with Gasteiger partial charge in [-0.05, 0) is 78.6 Å². The van der Waals surface area contributed by atoms with Crippen molar-refractivity contribution in [1.82, 2.24) is 9.13 Å². The van der Waals surface area contributed by atoms with E-state index in [1.165, 1.54) is 33.7 Å². The van der Waals surface area contributed by atoms with E-state index < -0.39 is 0 Å². The molecule has 2 heterocycles. The van der Waals surface area contributed by atoms with Crippen LogP contribution in [0.25, 0.3) is 5.69 Å². The molecule has 9 heteroatoms. The van der Waals surface area contributed by atoms with E-state index in [9.17, 15) is 14.3 Å². The average Bonchev–Trinajstić information content (AvgIpc) is 3.41. The van der Waals surface area contributed by atoms with Gasteiger partial charge in [-0.15, -0.1) is 11.3 Å². The first-order chi connectivity index (χ1) is 16.0. The quantitative estimate of drug-likeness (QED) is 0.332. The van der Waals surface area contributed by atoms with Gasteiger partial charge in [0.25, 0.3) is 0 Å². The summed E-state index contributed by atoms with van der Waals surface area (Å²) in [5.41, 5.74) is 1.53. The Kier molecular flexibility index (Phi) is 6.90. The number of thiophene rings is 1. The van der Waals surface area contributed by atoms with Crippen molar-refractivity contribution in [3.8, 4) is 17.3 Å². The van der Waals surface area contributed by atoms with E-state index in [0.717, 1.165) is 0 Å². The van der Waals surface area contributed by atoms with Gasteiger partial charge >= 0.3 is 0 Å². The zero-order valence-electron chi connectivity index (χ0n) is 17.8. The molecule has 0 saturated heterocycles. The summed E-state index contributed by atoms with van der Waals surface area (Å²) in [7, 11) is 1.57. The van der Waals surface area contributed by atoms with Crippen LogP contribution in [0.4, 0.5) is 10.1 Å². The predicted molar refractivity (Wildman–Crippen MR) is 130 cm³/mol. The van der Waals surface area contributed by atoms with Crippen LogP contribution in [-0.2, 0) is 24.2 Å². The van der Waals surface area contributed by atoms with Crippen LogP contribution in [0, 0.1) is 10.6 Å². The van der Waals surface area contributed by atoms with E-state index in [4.69, 9.17) is 17.0 Å². The number of ether oxygens (including phenoxy) is 1. The number of nitrogens with zero attached hydrogens (tertiary/aromatic N) is 2. The Morgan fingerprint density at radius 1 is 1.15 bits per heavy atom. The van der Waals surface area contributed by atoms with Crippen LogP contribution in [-0.4, -0.2) is 27.3 Å². The molecule has 4 rings (SSSR count). The number of amides is 1. The van der Waals surface area contributed by atoms with Gasteiger partial charge in [0.15, 0.2) is 4.77 Å². The number of carbonyl (C=O) groups is 1. The van der Waals surface area contributed by atoms with Crippen LogP contribution in [0.15, 0.2) is 66.0 Å². The predicted octanol–water partition coefficient (Wildman–Crippen LogP) is 5.35. The molecule has 0 spiro atoms. The van der Waals surface area contributed by atoms with E-state index >= 15 is 0 Å². The van der Waals surface area contributed by atoms with Gasteiger partial charge < -0.3 is 19.7 Å². The fourth-order valence-electron chi connectivity index (χ4n) is 3.51. The molecule has 2 aromatic heterocycles. The van der Waals surface area contributed by atoms with Gasteiger partial charge in [-0.25, -0.2) is 4.39 Å². The molecule has 6 nitrogen and oxygen atoms in total. The molecule has 0 atom stereocenters. The zero-order valence-corrected chi connectivity index (χ0v) is 19.5. The Labute approximate surface area is 199 Å². The highest BCUT2D eigenvalue weighted by Gasteiger charge is 2.21. The van der Waals surface area contributed by atoms with Gasteiger partial charge in [0.2, 0.25) is 11.8 Å². The highest BCUT2D eigenvalue weighted by atomic mass is 32.1. The lowest BCUT2D eigenvalue weighted by Crippen LogP contribution is -2.17. The van der Waals surface area contributed by atoms with Crippen molar-refractivity contribution >= 4 is 35.1 Å². The SMILES string of the molecule is COc1ccc(NC(=O)Cc2c(O)n(-c3ccc(F)cc3)c(=S)n2CCc2cccs2)cc1. The van der Waals surface area contributed by atoms with Gasteiger partial charge in [-0.3, -0.25) is 9.36 Å². The summed E-state index contributed by atoms with van der Waals surface area (Å²) in [5.74, 6) is -0.139. The number of aromatic hydroxyl groups is 1. The van der Waals surface area contributed by atoms with Crippen LogP contribution in [0.2, 0.25) is 0 Å². The molecule has 2 N–H and O–H groups in total. The van der Waals surface area contributed by atoms with Gasteiger partial charge in [-0.2, -0.15) is 0 Å². The van der Waals surface area contributed by atoms with E-state index in [1.807, 2.05) is 17.5 Å². The Bertz CT molecular complexity index is 1290. The molecule has 0 aliphatic carbocycles. The molecule has 0 radical (unpaired) electrons. The molecule has 2 aromatic carbocycles. The number of hydrogen-bond acceptors (Lipinski definition) is 5. The Morgan fingerprint density at radius 3 is 2.52 bits per heavy atom. The highest BCUT2D eigenvalue weighted by Crippen LogP contribution is 2.27. The molecule has 4 aromatic rings. The van der Waals surface area contributed by atoms with Gasteiger partial charge in [-0.1, -0.05) is 6.07 Å². The number of hydrogen-bond donors (Lipinski definition) is 2. The average molecular weight is 484 g/mol. The first-order valence-corrected chi connectivity index (χ1v) is 11.5. The number of halogens is 1. The summed E-state index contributed by atoms with van der Waals surface area (Å²) < 4.78 is 22.1. The summed E-state index contributed by atoms with van der Waals surface area (Å²) in [5, 5.41) is 15.9. The zero-order chi connectivity index (χ0) is 23.4. The molecule has 0 bridgehead atoms. The second-order valence-electron chi connectivity index (χ2n) is 7.30. The minimum Gasteiger partial charge on any atom is -0.497 e. The third kappa shape index (κ3) is 5.15. The first-order valence-electron chi connectivity index (χ1n) is 10.2. The number of methoxy groups -OCH3 is 1. The minimum atomic E-state index is -0.388. The third-order valence-electron chi connectivity index (χ3n) is 5.17. The van der Waals surface area contributed by atoms with Gasteiger partial charge in [0.1, 0.15) is 11.6 Å². The number of anilines is 1. The van der Waals surface area contributed by atoms with E-state index in [0.29, 0.717) is 40.6 Å². The lowest BCUT2D eigenvalue weighted by Gasteiger charge is -2.09. The van der Waals surface area contributed by atoms with Crippen molar-refractivity contribution in [2.45, 2.75) is 19.4 Å². The molecule has 0 unspecified atom stereocenters. The lowest BCUT2D eigenvalue weighted by molar-refractivity contribution is -0.115. The van der Waals surface area contributed by atoms with Crippen molar-refractivity contribution in [2.75, 3.05) is 12.4 Å². The number of nitrogens with one attached hydrogen (secondary N) is 1. The molecule has 1 amide bonds. The Balaban J connectivity index is 1.65. The van der Waals surface area contributed by atoms with Gasteiger partial charge in [0.05, 0.1) is 24.9 Å². The molecule has 33 heavy (non-hydrogen) atoms. The van der Waals surface area contributed by atoms with E-state index in [1.54, 1.807) is 47.3 Å². The van der Waals surface area contributed by atoms with Crippen molar-refractivity contribution in [3.05, 3.63) is 87.2 Å². The Hall–Kier alpha value is -3.43. The molecule has 0 aliphatic heterocycles. The topological polar surface area (TPSA) is 68.4 Å². The largest absolute Gasteiger partial charge is 0.497 e. The molecule has 0 saturated carbocycles. The number of imidazole rings is 1. The number of aromatic nitrogens is 2. The summed E-state index contributed by atoms with van der Waals surface area (Å²) in [6, 6.07) is 16.7. The standard InChI is InChI=1S/C24H22FN3O3S2/c1-31-19-10-6-17(7-11-19)26-22(29)15-21-23(30)28(18-8-4-16(25)5-9-18)24(32)27(21)13-12-20-3-2-14-33-20/h2-11,14,30H,12-13,15H2,1H3,(H,26,29). The maximum Gasteiger partial charge on any atom is 0.230 e. The van der Waals surface area contributed by atoms with E-state index in [2.05, 4.69) is 5.32 Å². The maximum absolute atomic E-state index is 13.4. The summed E-state index contributed by atoms with van der Waals surface area (Å²) in [6.07, 6.45) is 0.617. The first kappa shape index (κ1) is 22.8. The number of carbonyl (C=O) groups excluding carboxylic acids is 1. The van der Waals surface area contributed by atoms with Crippen molar-refractivity contribution in [1.29, 1.82) is 0 Å². The monoisotopic (exact) mass is 483 g/mol. The highest BCUT2D eigenvalue weighted by molar-refractivity contribution is 7.71. The second kappa shape index (κ2) is 10.0. The second-order valence-corrected chi connectivity index (χ2v) is 8.70. The molecular formula is C24H22FN3O3S2. The maximum atomic E-state index is 13.4. The summed E-state index contributed by atoms with van der Waals surface area (Å²) in [4.78, 5) is 14.0. The minimum absolute atomic E-state index is 0.0832. The smallest absolute Gasteiger partial charge is 0.230 e. The van der Waals surface area contributed by atoms with Crippen LogP contribution < -0.4 is 10.1 Å². The van der Waals surface area contributed by atoms with Crippen molar-refractivity contribution in [3.63, 3.8) is 0 Å². The number of rotatable bonds is 8. The number of aryl methyl sites for hydroxylation is 1. The fourth-order valence-corrected chi connectivity index (χ4v) is 4.60. The van der Waals surface area contributed by atoms with Crippen LogP contribution in [0.1, 0.15) is 10.6 Å². The third-order valence-corrected chi connectivity index (χ3v) is 6.51. The van der Waals surface area contributed by atoms with Gasteiger partial charge in [0, 0.05) is 17.1 Å². The van der Waals surface area contributed by atoms with Crippen LogP contribution >= 0.6 is 23.6 Å². The summed E-state index contributed by atoms with van der Waals surface area (Å²) in [6.45, 7) is 0.492. The summed E-state index contributed by atoms with van der Waals surface area (Å²) >= 11 is 7.28. The lowest BCUT2D eigenvalue weighted by atomic mass is 10.2. The molecule has 170 valence electrons. The fraction of sp³-hybridized carbons (Fsp3) is 0.167. The Morgan fingerprint density at radius 2 is 1.88 bits per heavy atom. The van der Waals surface area contributed by atoms with E-state index in [-0.39, 0.29) is 24.0 Å². The molecule has 0 fully saturated rings. The normalized spacial score (nSPS) is 10.8. The van der Waals surface area contributed by atoms with Crippen molar-refractivity contribution in [2.24, 2.45) is 0 Å². The van der Waals surface area contributed by atoms with Crippen LogP contribution in [0.3, 0.4) is 0 Å². The van der Waals surface area contributed by atoms with Crippen molar-refractivity contribution < 1.29 is 19.0 Å². The molecule has 0 aliphatic rings.